The molecule has 1 aromatic heterocycles. The van der Waals surface area contributed by atoms with Crippen LogP contribution in [0.25, 0.3) is 0 Å². The molecule has 1 saturated heterocycles. The molecule has 0 atom stereocenters. The lowest BCUT2D eigenvalue weighted by Crippen LogP contribution is -2.30. The van der Waals surface area contributed by atoms with Crippen LogP contribution in [0.1, 0.15) is 19.3 Å². The van der Waals surface area contributed by atoms with Gasteiger partial charge in [0.25, 0.3) is 0 Å². The van der Waals surface area contributed by atoms with Crippen molar-refractivity contribution in [3.05, 3.63) is 25.0 Å². The van der Waals surface area contributed by atoms with Gasteiger partial charge < -0.3 is 14.8 Å². The Morgan fingerprint density at radius 2 is 2.28 bits per heavy atom. The molecule has 0 aliphatic carbocycles. The third-order valence-corrected chi connectivity index (χ3v) is 3.74. The minimum Gasteiger partial charge on any atom is -0.352 e. The first-order chi connectivity index (χ1) is 8.79. The number of aromatic nitrogens is 2. The summed E-state index contributed by atoms with van der Waals surface area (Å²) >= 11 is 0. The average Bonchev–Trinajstić information content (AvgIpc) is 2.83. The number of hydrogen-bond acceptors (Lipinski definition) is 3. The van der Waals surface area contributed by atoms with Crippen LogP contribution in [-0.2, 0) is 6.54 Å². The van der Waals surface area contributed by atoms with E-state index < -0.39 is 0 Å². The van der Waals surface area contributed by atoms with Gasteiger partial charge in [-0.15, -0.1) is 6.58 Å². The minimum atomic E-state index is 0.769. The van der Waals surface area contributed by atoms with Crippen LogP contribution in [0.15, 0.2) is 25.0 Å². The molecule has 4 nitrogen and oxygen atoms in total. The van der Waals surface area contributed by atoms with Crippen LogP contribution in [-0.4, -0.2) is 41.1 Å². The third kappa shape index (κ3) is 3.60. The van der Waals surface area contributed by atoms with Gasteiger partial charge in [0.2, 0.25) is 5.95 Å². The molecule has 2 heterocycles. The van der Waals surface area contributed by atoms with E-state index in [0.717, 1.165) is 25.0 Å². The Morgan fingerprint density at radius 1 is 1.50 bits per heavy atom. The maximum Gasteiger partial charge on any atom is 0.203 e. The van der Waals surface area contributed by atoms with Gasteiger partial charge in [0.1, 0.15) is 0 Å². The van der Waals surface area contributed by atoms with E-state index in [2.05, 4.69) is 39.6 Å². The molecule has 0 bridgehead atoms. The van der Waals surface area contributed by atoms with Crippen molar-refractivity contribution in [3.63, 3.8) is 0 Å². The Balaban J connectivity index is 1.79. The van der Waals surface area contributed by atoms with Gasteiger partial charge in [-0.2, -0.15) is 0 Å². The van der Waals surface area contributed by atoms with Gasteiger partial charge in [-0.05, 0) is 45.3 Å². The fraction of sp³-hybridized carbons (Fsp3) is 0.643. The second kappa shape index (κ2) is 6.59. The molecule has 1 aliphatic rings. The smallest absolute Gasteiger partial charge is 0.203 e. The van der Waals surface area contributed by atoms with Crippen molar-refractivity contribution in [2.75, 3.05) is 32.0 Å². The Labute approximate surface area is 110 Å². The van der Waals surface area contributed by atoms with Gasteiger partial charge in [0, 0.05) is 25.5 Å². The number of aryl methyl sites for hydroxylation is 1. The predicted molar refractivity (Wildman–Crippen MR) is 75.8 cm³/mol. The molecular weight excluding hydrogens is 224 g/mol. The molecule has 0 saturated carbocycles. The number of piperidine rings is 1. The Bertz CT molecular complexity index is 364. The topological polar surface area (TPSA) is 33.1 Å². The first kappa shape index (κ1) is 13.1. The summed E-state index contributed by atoms with van der Waals surface area (Å²) in [7, 11) is 2.21. The zero-order chi connectivity index (χ0) is 12.8. The summed E-state index contributed by atoms with van der Waals surface area (Å²) in [6.07, 6.45) is 9.70. The standard InChI is InChI=1S/C14H24N4/c1-3-7-15-14-16-8-12-18(14)11-6-13-4-9-17(2)10-5-13/h3,8,12-13H,1,4-7,9-11H2,2H3,(H,15,16). The highest BCUT2D eigenvalue weighted by Gasteiger charge is 2.16. The molecule has 1 N–H and O–H groups in total. The monoisotopic (exact) mass is 248 g/mol. The Kier molecular flexibility index (Phi) is 4.81. The quantitative estimate of drug-likeness (QED) is 0.784. The van der Waals surface area contributed by atoms with E-state index in [4.69, 9.17) is 0 Å². The van der Waals surface area contributed by atoms with Crippen molar-refractivity contribution in [2.24, 2.45) is 5.92 Å². The fourth-order valence-electron chi connectivity index (χ4n) is 2.49. The van der Waals surface area contributed by atoms with E-state index in [9.17, 15) is 0 Å². The average molecular weight is 248 g/mol. The zero-order valence-corrected chi connectivity index (χ0v) is 11.3. The van der Waals surface area contributed by atoms with Crippen molar-refractivity contribution in [1.29, 1.82) is 0 Å². The number of nitrogens with zero attached hydrogens (tertiary/aromatic N) is 3. The summed E-state index contributed by atoms with van der Waals surface area (Å²) in [6.45, 7) is 8.04. The molecule has 1 aliphatic heterocycles. The van der Waals surface area contributed by atoms with Crippen LogP contribution < -0.4 is 5.32 Å². The van der Waals surface area contributed by atoms with Crippen LogP contribution in [0.5, 0.6) is 0 Å². The number of rotatable bonds is 6. The van der Waals surface area contributed by atoms with E-state index in [-0.39, 0.29) is 0 Å². The Hall–Kier alpha value is -1.29. The molecule has 0 amide bonds. The zero-order valence-electron chi connectivity index (χ0n) is 11.3. The lowest BCUT2D eigenvalue weighted by molar-refractivity contribution is 0.208. The fourth-order valence-corrected chi connectivity index (χ4v) is 2.49. The van der Waals surface area contributed by atoms with E-state index >= 15 is 0 Å². The van der Waals surface area contributed by atoms with Crippen LogP contribution in [0.2, 0.25) is 0 Å². The van der Waals surface area contributed by atoms with Crippen LogP contribution in [0.3, 0.4) is 0 Å². The van der Waals surface area contributed by atoms with Crippen molar-refractivity contribution >= 4 is 5.95 Å². The van der Waals surface area contributed by atoms with Crippen molar-refractivity contribution in [1.82, 2.24) is 14.5 Å². The largest absolute Gasteiger partial charge is 0.352 e. The van der Waals surface area contributed by atoms with Crippen LogP contribution >= 0.6 is 0 Å². The number of anilines is 1. The minimum absolute atomic E-state index is 0.769. The number of nitrogens with one attached hydrogen (secondary N) is 1. The molecule has 0 unspecified atom stereocenters. The van der Waals surface area contributed by atoms with Gasteiger partial charge in [-0.1, -0.05) is 6.08 Å². The maximum absolute atomic E-state index is 4.33. The molecule has 0 spiro atoms. The number of imidazole rings is 1. The number of hydrogen-bond donors (Lipinski definition) is 1. The normalized spacial score (nSPS) is 17.8. The van der Waals surface area contributed by atoms with Gasteiger partial charge >= 0.3 is 0 Å². The molecule has 1 fully saturated rings. The molecule has 2 rings (SSSR count). The summed E-state index contributed by atoms with van der Waals surface area (Å²) in [5.41, 5.74) is 0. The first-order valence-corrected chi connectivity index (χ1v) is 6.84. The highest BCUT2D eigenvalue weighted by molar-refractivity contribution is 5.26. The first-order valence-electron chi connectivity index (χ1n) is 6.84. The summed E-state index contributed by atoms with van der Waals surface area (Å²) in [5, 5.41) is 3.26. The predicted octanol–water partition coefficient (Wildman–Crippen LogP) is 2.21. The molecule has 18 heavy (non-hydrogen) atoms. The lowest BCUT2D eigenvalue weighted by atomic mass is 9.94. The van der Waals surface area contributed by atoms with E-state index in [1.165, 1.54) is 32.4 Å². The summed E-state index contributed by atoms with van der Waals surface area (Å²) in [5.74, 6) is 1.83. The number of likely N-dealkylation sites (tertiary alicyclic amines) is 1. The van der Waals surface area contributed by atoms with Gasteiger partial charge in [-0.3, -0.25) is 0 Å². The molecular formula is C14H24N4. The highest BCUT2D eigenvalue weighted by atomic mass is 15.2. The molecule has 4 heteroatoms. The van der Waals surface area contributed by atoms with Crippen molar-refractivity contribution in [2.45, 2.75) is 25.8 Å². The second-order valence-corrected chi connectivity index (χ2v) is 5.15. The van der Waals surface area contributed by atoms with Crippen molar-refractivity contribution in [3.8, 4) is 0 Å². The summed E-state index contributed by atoms with van der Waals surface area (Å²) in [4.78, 5) is 6.75. The lowest BCUT2D eigenvalue weighted by Gasteiger charge is -2.29. The van der Waals surface area contributed by atoms with Crippen LogP contribution in [0.4, 0.5) is 5.95 Å². The van der Waals surface area contributed by atoms with Crippen LogP contribution in [0, 0.1) is 5.92 Å². The highest BCUT2D eigenvalue weighted by Crippen LogP contribution is 2.20. The van der Waals surface area contributed by atoms with E-state index in [1.54, 1.807) is 0 Å². The SMILES string of the molecule is C=CCNc1nccn1CCC1CCN(C)CC1. The summed E-state index contributed by atoms with van der Waals surface area (Å²) in [6, 6.07) is 0. The molecule has 0 radical (unpaired) electrons. The Morgan fingerprint density at radius 3 is 3.00 bits per heavy atom. The second-order valence-electron chi connectivity index (χ2n) is 5.15. The van der Waals surface area contributed by atoms with Gasteiger partial charge in [0.05, 0.1) is 0 Å². The molecule has 1 aromatic rings. The van der Waals surface area contributed by atoms with E-state index in [1.807, 2.05) is 12.3 Å². The van der Waals surface area contributed by atoms with Crippen molar-refractivity contribution < 1.29 is 0 Å². The van der Waals surface area contributed by atoms with E-state index in [0.29, 0.717) is 0 Å². The molecule has 100 valence electrons. The third-order valence-electron chi connectivity index (χ3n) is 3.74. The maximum atomic E-state index is 4.33. The molecule has 0 aromatic carbocycles. The van der Waals surface area contributed by atoms with Gasteiger partial charge in [-0.25, -0.2) is 4.98 Å². The summed E-state index contributed by atoms with van der Waals surface area (Å²) < 4.78 is 2.21. The van der Waals surface area contributed by atoms with Gasteiger partial charge in [0.15, 0.2) is 0 Å².